The van der Waals surface area contributed by atoms with Crippen LogP contribution in [0.5, 0.6) is 0 Å². The zero-order chi connectivity index (χ0) is 12.5. The molecule has 0 aliphatic rings. The largest absolute Gasteiger partial charge is 0.396 e. The van der Waals surface area contributed by atoms with Gasteiger partial charge >= 0.3 is 0 Å². The highest BCUT2D eigenvalue weighted by Crippen LogP contribution is 2.12. The smallest absolute Gasteiger partial charge is 0.219 e. The second-order valence-electron chi connectivity index (χ2n) is 3.82. The van der Waals surface area contributed by atoms with Crippen LogP contribution in [0.2, 0.25) is 0 Å². The lowest BCUT2D eigenvalue weighted by Crippen LogP contribution is -2.25. The third-order valence-corrected chi connectivity index (χ3v) is 2.28. The van der Waals surface area contributed by atoms with Gasteiger partial charge < -0.3 is 16.4 Å². The average molecular weight is 236 g/mol. The van der Waals surface area contributed by atoms with Gasteiger partial charge in [0.2, 0.25) is 5.91 Å². The van der Waals surface area contributed by atoms with Crippen molar-refractivity contribution >= 4 is 17.4 Å². The molecule has 0 fully saturated rings. The van der Waals surface area contributed by atoms with Gasteiger partial charge in [-0.3, -0.25) is 4.79 Å². The number of aromatic nitrogens is 1. The minimum absolute atomic E-state index is 0.116. The summed E-state index contributed by atoms with van der Waals surface area (Å²) in [5.41, 5.74) is 6.37. The molecule has 0 bridgehead atoms. The fourth-order valence-electron chi connectivity index (χ4n) is 1.40. The number of nitrogen functional groups attached to an aromatic ring is 1. The van der Waals surface area contributed by atoms with E-state index in [0.717, 1.165) is 19.4 Å². The highest BCUT2D eigenvalue weighted by atomic mass is 16.1. The third-order valence-electron chi connectivity index (χ3n) is 2.28. The van der Waals surface area contributed by atoms with Crippen LogP contribution in [-0.4, -0.2) is 24.0 Å². The molecule has 5 nitrogen and oxygen atoms in total. The van der Waals surface area contributed by atoms with Gasteiger partial charge in [-0.15, -0.1) is 0 Å². The van der Waals surface area contributed by atoms with E-state index in [4.69, 9.17) is 5.73 Å². The Kier molecular flexibility index (Phi) is 5.85. The van der Waals surface area contributed by atoms with Gasteiger partial charge in [-0.05, 0) is 25.0 Å². The Labute approximate surface area is 102 Å². The fraction of sp³-hybridized carbons (Fsp3) is 0.500. The minimum Gasteiger partial charge on any atom is -0.396 e. The lowest BCUT2D eigenvalue weighted by atomic mass is 10.3. The Balaban J connectivity index is 2.13. The van der Waals surface area contributed by atoms with Crippen molar-refractivity contribution in [2.45, 2.75) is 26.2 Å². The van der Waals surface area contributed by atoms with Crippen LogP contribution in [0.25, 0.3) is 0 Å². The van der Waals surface area contributed by atoms with Crippen LogP contribution in [0.1, 0.15) is 26.2 Å². The van der Waals surface area contributed by atoms with Crippen LogP contribution in [0, 0.1) is 0 Å². The molecule has 1 heterocycles. The molecule has 0 radical (unpaired) electrons. The maximum Gasteiger partial charge on any atom is 0.219 e. The van der Waals surface area contributed by atoms with Crippen LogP contribution in [-0.2, 0) is 4.79 Å². The lowest BCUT2D eigenvalue weighted by molar-refractivity contribution is -0.121. The van der Waals surface area contributed by atoms with Crippen molar-refractivity contribution in [3.05, 3.63) is 18.3 Å². The maximum atomic E-state index is 11.2. The number of hydrogen-bond acceptors (Lipinski definition) is 4. The summed E-state index contributed by atoms with van der Waals surface area (Å²) in [4.78, 5) is 15.3. The zero-order valence-electron chi connectivity index (χ0n) is 10.2. The highest BCUT2D eigenvalue weighted by Gasteiger charge is 1.99. The molecule has 94 valence electrons. The molecular formula is C12H20N4O. The number of rotatable bonds is 7. The Hall–Kier alpha value is -1.78. The lowest BCUT2D eigenvalue weighted by Gasteiger charge is -2.08. The molecule has 1 aromatic rings. The number of nitrogens with two attached hydrogens (primary N) is 1. The normalized spacial score (nSPS) is 9.94. The summed E-state index contributed by atoms with van der Waals surface area (Å²) in [6.45, 7) is 3.41. The number of pyridine rings is 1. The molecule has 0 aromatic carbocycles. The van der Waals surface area contributed by atoms with Crippen LogP contribution in [0.3, 0.4) is 0 Å². The van der Waals surface area contributed by atoms with Gasteiger partial charge in [-0.1, -0.05) is 6.92 Å². The number of carbonyl (C=O) groups is 1. The molecular weight excluding hydrogens is 216 g/mol. The van der Waals surface area contributed by atoms with Crippen molar-refractivity contribution in [3.8, 4) is 0 Å². The summed E-state index contributed by atoms with van der Waals surface area (Å²) < 4.78 is 0. The molecule has 1 amide bonds. The fourth-order valence-corrected chi connectivity index (χ4v) is 1.40. The molecule has 1 aromatic heterocycles. The van der Waals surface area contributed by atoms with Gasteiger partial charge in [0, 0.05) is 25.7 Å². The molecule has 0 aliphatic heterocycles. The third kappa shape index (κ3) is 5.19. The van der Waals surface area contributed by atoms with E-state index in [0.29, 0.717) is 24.5 Å². The van der Waals surface area contributed by atoms with E-state index >= 15 is 0 Å². The monoisotopic (exact) mass is 236 g/mol. The SMILES string of the molecule is CCCC(=O)NCCCNc1ncccc1N. The molecule has 5 heteroatoms. The van der Waals surface area contributed by atoms with Crippen molar-refractivity contribution < 1.29 is 4.79 Å². The van der Waals surface area contributed by atoms with Gasteiger partial charge in [0.1, 0.15) is 5.82 Å². The molecule has 0 aliphatic carbocycles. The van der Waals surface area contributed by atoms with E-state index in [-0.39, 0.29) is 5.91 Å². The van der Waals surface area contributed by atoms with Gasteiger partial charge in [0.05, 0.1) is 5.69 Å². The van der Waals surface area contributed by atoms with Gasteiger partial charge in [-0.25, -0.2) is 4.98 Å². The second kappa shape index (κ2) is 7.49. The topological polar surface area (TPSA) is 80.0 Å². The first kappa shape index (κ1) is 13.3. The van der Waals surface area contributed by atoms with Gasteiger partial charge in [0.25, 0.3) is 0 Å². The predicted octanol–water partition coefficient (Wildman–Crippen LogP) is 1.38. The maximum absolute atomic E-state index is 11.2. The number of nitrogens with zero attached hydrogens (tertiary/aromatic N) is 1. The summed E-state index contributed by atoms with van der Waals surface area (Å²) in [6.07, 6.45) is 4.03. The molecule has 1 rings (SSSR count). The summed E-state index contributed by atoms with van der Waals surface area (Å²) in [5, 5.41) is 5.99. The second-order valence-corrected chi connectivity index (χ2v) is 3.82. The number of anilines is 2. The first-order valence-corrected chi connectivity index (χ1v) is 5.95. The highest BCUT2D eigenvalue weighted by molar-refractivity contribution is 5.75. The number of hydrogen-bond donors (Lipinski definition) is 3. The summed E-state index contributed by atoms with van der Waals surface area (Å²) in [5.74, 6) is 0.817. The molecule has 4 N–H and O–H groups in total. The summed E-state index contributed by atoms with van der Waals surface area (Å²) in [6, 6.07) is 3.60. The van der Waals surface area contributed by atoms with Gasteiger partial charge in [0.15, 0.2) is 0 Å². The van der Waals surface area contributed by atoms with E-state index < -0.39 is 0 Å². The van der Waals surface area contributed by atoms with Crippen molar-refractivity contribution in [3.63, 3.8) is 0 Å². The van der Waals surface area contributed by atoms with E-state index in [2.05, 4.69) is 15.6 Å². The van der Waals surface area contributed by atoms with Crippen LogP contribution in [0.15, 0.2) is 18.3 Å². The predicted molar refractivity (Wildman–Crippen MR) is 69.7 cm³/mol. The van der Waals surface area contributed by atoms with Crippen molar-refractivity contribution in [2.24, 2.45) is 0 Å². The minimum atomic E-state index is 0.116. The van der Waals surface area contributed by atoms with Crippen LogP contribution < -0.4 is 16.4 Å². The first-order valence-electron chi connectivity index (χ1n) is 5.95. The number of carbonyl (C=O) groups excluding carboxylic acids is 1. The Morgan fingerprint density at radius 3 is 3.00 bits per heavy atom. The van der Waals surface area contributed by atoms with Crippen LogP contribution in [0.4, 0.5) is 11.5 Å². The Bertz CT molecular complexity index is 354. The van der Waals surface area contributed by atoms with Crippen molar-refractivity contribution in [1.82, 2.24) is 10.3 Å². The molecule has 0 saturated heterocycles. The Morgan fingerprint density at radius 1 is 1.47 bits per heavy atom. The number of amides is 1. The molecule has 0 spiro atoms. The summed E-state index contributed by atoms with van der Waals surface area (Å²) >= 11 is 0. The van der Waals surface area contributed by atoms with Crippen molar-refractivity contribution in [2.75, 3.05) is 24.1 Å². The molecule has 0 unspecified atom stereocenters. The van der Waals surface area contributed by atoms with E-state index in [1.165, 1.54) is 0 Å². The van der Waals surface area contributed by atoms with E-state index in [9.17, 15) is 4.79 Å². The number of nitrogens with one attached hydrogen (secondary N) is 2. The van der Waals surface area contributed by atoms with E-state index in [1.807, 2.05) is 6.92 Å². The van der Waals surface area contributed by atoms with Crippen molar-refractivity contribution in [1.29, 1.82) is 0 Å². The first-order chi connectivity index (χ1) is 8.24. The van der Waals surface area contributed by atoms with E-state index in [1.54, 1.807) is 18.3 Å². The average Bonchev–Trinajstić information content (AvgIpc) is 2.31. The molecule has 0 atom stereocenters. The summed E-state index contributed by atoms with van der Waals surface area (Å²) in [7, 11) is 0. The standard InChI is InChI=1S/C12H20N4O/c1-2-5-11(17)14-8-4-9-16-12-10(13)6-3-7-15-12/h3,6-7H,2,4-5,8-9,13H2,1H3,(H,14,17)(H,15,16). The quantitative estimate of drug-likeness (QED) is 0.625. The molecule has 17 heavy (non-hydrogen) atoms. The Morgan fingerprint density at radius 2 is 2.29 bits per heavy atom. The molecule has 0 saturated carbocycles. The zero-order valence-corrected chi connectivity index (χ0v) is 10.2. The van der Waals surface area contributed by atoms with Gasteiger partial charge in [-0.2, -0.15) is 0 Å². The van der Waals surface area contributed by atoms with Crippen LogP contribution >= 0.6 is 0 Å².